The summed E-state index contributed by atoms with van der Waals surface area (Å²) >= 11 is 0. The number of carbonyl (C=O) groups excluding carboxylic acids is 2. The zero-order chi connectivity index (χ0) is 41.7. The van der Waals surface area contributed by atoms with Crippen LogP contribution >= 0.6 is 0 Å². The fraction of sp³-hybridized carbons (Fsp3) is 0.400. The van der Waals surface area contributed by atoms with Crippen LogP contribution in [0.15, 0.2) is 24.3 Å². The number of aliphatic carboxylic acids is 2. The summed E-state index contributed by atoms with van der Waals surface area (Å²) in [6.45, 7) is 10.5. The van der Waals surface area contributed by atoms with Crippen molar-refractivity contribution in [3.63, 3.8) is 0 Å². The van der Waals surface area contributed by atoms with E-state index in [-0.39, 0.29) is 12.8 Å². The van der Waals surface area contributed by atoms with Gasteiger partial charge in [0.1, 0.15) is 26.7 Å². The lowest BCUT2D eigenvalue weighted by Crippen LogP contribution is -2.26. The first kappa shape index (κ1) is 44.7. The summed E-state index contributed by atoms with van der Waals surface area (Å²) in [7, 11) is 0. The minimum absolute atomic E-state index is 0.00162. The van der Waals surface area contributed by atoms with E-state index < -0.39 is 50.4 Å². The first-order chi connectivity index (χ1) is 26.6. The van der Waals surface area contributed by atoms with Crippen LogP contribution < -0.4 is 10.6 Å². The number of amides is 2. The zero-order valence-electron chi connectivity index (χ0n) is 32.6. The standard InChI is InChI=1S/C34H38N4O4.2C3H7NO3/c1-7-21-17(3)25-13-26-19(5)23(9-11-33(39)40)31(37-26)16-32-24(10-12-34(41)42)20(6)28(38-32)15-30-22(8-2)18(4)27(36-30)14-29(21)35-25;2*5-1-3(7)4-2-6/h13-16,35,38H,7-12H2,1-6H3,(H,39,40)(H,41,42);2*5-6H,1-2H2,(H,4,7). The highest BCUT2D eigenvalue weighted by molar-refractivity contribution is 5.95. The highest BCUT2D eigenvalue weighted by Crippen LogP contribution is 2.37. The van der Waals surface area contributed by atoms with E-state index in [0.29, 0.717) is 18.5 Å². The van der Waals surface area contributed by atoms with Gasteiger partial charge in [0.15, 0.2) is 0 Å². The second-order valence-corrected chi connectivity index (χ2v) is 13.0. The van der Waals surface area contributed by atoms with Gasteiger partial charge in [0.25, 0.3) is 0 Å². The lowest BCUT2D eigenvalue weighted by Gasteiger charge is -2.03. The summed E-state index contributed by atoms with van der Waals surface area (Å²) in [6, 6.07) is 8.19. The van der Waals surface area contributed by atoms with Crippen molar-refractivity contribution in [1.29, 1.82) is 0 Å². The van der Waals surface area contributed by atoms with Crippen LogP contribution in [-0.4, -0.2) is 101 Å². The van der Waals surface area contributed by atoms with Crippen molar-refractivity contribution in [2.24, 2.45) is 0 Å². The Balaban J connectivity index is 0.000000512. The molecule has 3 aromatic heterocycles. The summed E-state index contributed by atoms with van der Waals surface area (Å²) in [5, 5.41) is 54.6. The summed E-state index contributed by atoms with van der Waals surface area (Å²) in [4.78, 5) is 60.1. The number of aryl methyl sites for hydroxylation is 4. The second-order valence-electron chi connectivity index (χ2n) is 13.0. The van der Waals surface area contributed by atoms with E-state index >= 15 is 0 Å². The number of aromatic amines is 2. The van der Waals surface area contributed by atoms with Crippen LogP contribution in [0.25, 0.3) is 44.4 Å². The molecule has 2 amide bonds. The quantitative estimate of drug-likeness (QED) is 0.118. The van der Waals surface area contributed by atoms with Gasteiger partial charge in [0, 0.05) is 34.9 Å². The fourth-order valence-corrected chi connectivity index (χ4v) is 6.51. The molecule has 0 aliphatic carbocycles. The number of allylic oxidation sites excluding steroid dienone is 4. The molecule has 0 aromatic carbocycles. The summed E-state index contributed by atoms with van der Waals surface area (Å²) in [5.41, 5.74) is 15.4. The Labute approximate surface area is 324 Å². The molecule has 0 saturated carbocycles. The van der Waals surface area contributed by atoms with E-state index in [1.54, 1.807) is 0 Å². The Morgan fingerprint density at radius 3 is 1.43 bits per heavy atom. The SMILES string of the molecule is CCC1=C(C)c2cc3[nH]c(cc4nc(cc5[nH]c(cc1n2)c(C)c5CCC(=O)O)C(CCC(=O)O)=C4C)c(C)c3CC.O=C(CO)NCO.O=C(CO)NCO. The molecular weight excluding hydrogens is 724 g/mol. The molecule has 56 heavy (non-hydrogen) atoms. The van der Waals surface area contributed by atoms with Crippen molar-refractivity contribution in [3.8, 4) is 0 Å². The third-order valence-electron chi connectivity index (χ3n) is 9.52. The largest absolute Gasteiger partial charge is 0.481 e. The van der Waals surface area contributed by atoms with Gasteiger partial charge in [-0.2, -0.15) is 0 Å². The monoisotopic (exact) mass is 776 g/mol. The van der Waals surface area contributed by atoms with Crippen LogP contribution in [0.4, 0.5) is 0 Å². The van der Waals surface area contributed by atoms with Gasteiger partial charge in [-0.15, -0.1) is 0 Å². The Morgan fingerprint density at radius 1 is 0.571 bits per heavy atom. The average molecular weight is 777 g/mol. The average Bonchev–Trinajstić information content (AvgIpc) is 3.82. The molecule has 3 aromatic rings. The molecule has 2 aliphatic rings. The molecule has 10 N–H and O–H groups in total. The van der Waals surface area contributed by atoms with Gasteiger partial charge >= 0.3 is 11.9 Å². The minimum Gasteiger partial charge on any atom is -0.481 e. The van der Waals surface area contributed by atoms with Crippen LogP contribution in [0.3, 0.4) is 0 Å². The Bertz CT molecular complexity index is 2160. The number of carboxylic acids is 2. The van der Waals surface area contributed by atoms with Gasteiger partial charge in [-0.05, 0) is 122 Å². The fourth-order valence-electron chi connectivity index (χ4n) is 6.51. The van der Waals surface area contributed by atoms with E-state index in [4.69, 9.17) is 30.4 Å². The Hall–Kier alpha value is -5.68. The van der Waals surface area contributed by atoms with E-state index in [0.717, 1.165) is 85.4 Å². The molecule has 0 fully saturated rings. The van der Waals surface area contributed by atoms with E-state index in [9.17, 15) is 29.4 Å². The molecule has 5 heterocycles. The van der Waals surface area contributed by atoms with Crippen LogP contribution in [0.2, 0.25) is 0 Å². The molecule has 5 rings (SSSR count). The van der Waals surface area contributed by atoms with Crippen LogP contribution in [0.1, 0.15) is 98.4 Å². The van der Waals surface area contributed by atoms with E-state index in [2.05, 4.69) is 49.8 Å². The van der Waals surface area contributed by atoms with Crippen LogP contribution in [0.5, 0.6) is 0 Å². The maximum absolute atomic E-state index is 11.5. The van der Waals surface area contributed by atoms with Crippen molar-refractivity contribution in [2.45, 2.75) is 80.1 Å². The highest BCUT2D eigenvalue weighted by Gasteiger charge is 2.21. The third-order valence-corrected chi connectivity index (χ3v) is 9.52. The third kappa shape index (κ3) is 11.2. The van der Waals surface area contributed by atoms with Crippen LogP contribution in [-0.2, 0) is 32.0 Å². The van der Waals surface area contributed by atoms with Crippen molar-refractivity contribution in [2.75, 3.05) is 26.7 Å². The molecule has 2 aliphatic heterocycles. The van der Waals surface area contributed by atoms with Gasteiger partial charge < -0.3 is 51.2 Å². The lowest BCUT2D eigenvalue weighted by molar-refractivity contribution is -0.137. The summed E-state index contributed by atoms with van der Waals surface area (Å²) in [6.07, 6.45) is 2.39. The number of aliphatic hydroxyl groups is 4. The molecule has 0 saturated heterocycles. The first-order valence-electron chi connectivity index (χ1n) is 18.2. The topological polar surface area (TPSA) is 271 Å². The van der Waals surface area contributed by atoms with E-state index in [1.165, 1.54) is 11.1 Å². The number of carbonyl (C=O) groups is 4. The normalized spacial score (nSPS) is 12.0. The Kier molecular flexibility index (Phi) is 16.6. The van der Waals surface area contributed by atoms with Gasteiger partial charge in [-0.25, -0.2) is 9.97 Å². The number of fused-ring (bicyclic) bond motifs is 8. The van der Waals surface area contributed by atoms with Crippen molar-refractivity contribution < 1.29 is 49.8 Å². The van der Waals surface area contributed by atoms with Gasteiger partial charge in [0.05, 0.1) is 22.8 Å². The molecule has 16 nitrogen and oxygen atoms in total. The van der Waals surface area contributed by atoms with Crippen molar-refractivity contribution in [3.05, 3.63) is 69.3 Å². The number of nitrogens with one attached hydrogen (secondary N) is 4. The van der Waals surface area contributed by atoms with Crippen molar-refractivity contribution in [1.82, 2.24) is 30.6 Å². The molecule has 8 bridgehead atoms. The summed E-state index contributed by atoms with van der Waals surface area (Å²) < 4.78 is 0. The second kappa shape index (κ2) is 20.8. The molecule has 16 heteroatoms. The molecule has 0 atom stereocenters. The number of hydrogen-bond acceptors (Lipinski definition) is 10. The molecule has 0 spiro atoms. The van der Waals surface area contributed by atoms with Gasteiger partial charge in [-0.1, -0.05) is 13.8 Å². The maximum Gasteiger partial charge on any atom is 0.303 e. The van der Waals surface area contributed by atoms with Gasteiger partial charge in [0.2, 0.25) is 11.8 Å². The summed E-state index contributed by atoms with van der Waals surface area (Å²) in [5.74, 6) is -2.86. The number of rotatable bonds is 12. The maximum atomic E-state index is 11.5. The number of hydrogen-bond donors (Lipinski definition) is 10. The predicted molar refractivity (Wildman–Crippen MR) is 213 cm³/mol. The minimum atomic E-state index is -0.864. The Morgan fingerprint density at radius 2 is 0.982 bits per heavy atom. The zero-order valence-corrected chi connectivity index (χ0v) is 32.6. The first-order valence-corrected chi connectivity index (χ1v) is 18.2. The molecule has 302 valence electrons. The number of H-pyrrole nitrogens is 2. The van der Waals surface area contributed by atoms with Crippen LogP contribution in [0, 0.1) is 13.8 Å². The molecule has 0 unspecified atom stereocenters. The molecule has 0 radical (unpaired) electrons. The van der Waals surface area contributed by atoms with E-state index in [1.807, 2.05) is 36.6 Å². The predicted octanol–water partition coefficient (Wildman–Crippen LogP) is 3.74. The number of aromatic nitrogens is 4. The van der Waals surface area contributed by atoms with Gasteiger partial charge in [-0.3, -0.25) is 19.2 Å². The highest BCUT2D eigenvalue weighted by atomic mass is 16.4. The van der Waals surface area contributed by atoms with Crippen molar-refractivity contribution >= 4 is 68.1 Å². The lowest BCUT2D eigenvalue weighted by atomic mass is 10.00. The number of carboxylic acid groups (broad SMARTS) is 2. The number of aliphatic hydroxyl groups excluding tert-OH is 4. The molecular formula is C40H52N6O10. The smallest absolute Gasteiger partial charge is 0.303 e. The number of nitrogens with zero attached hydrogens (tertiary/aromatic N) is 2.